The van der Waals surface area contributed by atoms with Crippen LogP contribution < -0.4 is 5.73 Å². The lowest BCUT2D eigenvalue weighted by atomic mass is 10.2. The van der Waals surface area contributed by atoms with Gasteiger partial charge in [0.25, 0.3) is 0 Å². The summed E-state index contributed by atoms with van der Waals surface area (Å²) in [7, 11) is 0. The van der Waals surface area contributed by atoms with E-state index in [4.69, 9.17) is 15.7 Å². The number of rotatable bonds is 2. The van der Waals surface area contributed by atoms with Gasteiger partial charge >= 0.3 is 0 Å². The Morgan fingerprint density at radius 2 is 2.50 bits per heavy atom. The van der Waals surface area contributed by atoms with Gasteiger partial charge in [0.1, 0.15) is 5.82 Å². The highest BCUT2D eigenvalue weighted by molar-refractivity contribution is 5.29. The van der Waals surface area contributed by atoms with Gasteiger partial charge in [0.15, 0.2) is 6.10 Å². The average molecular weight is 218 g/mol. The van der Waals surface area contributed by atoms with E-state index < -0.39 is 0 Å². The normalized spacial score (nSPS) is 21.6. The number of aromatic nitrogens is 1. The van der Waals surface area contributed by atoms with Crippen LogP contribution in [0, 0.1) is 11.3 Å². The number of nitrogens with two attached hydrogens (primary N) is 1. The van der Waals surface area contributed by atoms with E-state index in [2.05, 4.69) is 16.0 Å². The molecule has 1 unspecified atom stereocenters. The van der Waals surface area contributed by atoms with Crippen LogP contribution in [0.2, 0.25) is 0 Å². The maximum atomic E-state index is 8.78. The van der Waals surface area contributed by atoms with Crippen LogP contribution in [0.1, 0.15) is 5.56 Å². The Labute approximate surface area is 94.4 Å². The Balaban J connectivity index is 1.94. The van der Waals surface area contributed by atoms with Crippen LogP contribution in [-0.4, -0.2) is 35.7 Å². The van der Waals surface area contributed by atoms with E-state index in [1.807, 2.05) is 6.07 Å². The maximum absolute atomic E-state index is 8.78. The molecule has 0 spiro atoms. The molecule has 0 aliphatic carbocycles. The molecule has 0 bridgehead atoms. The predicted octanol–water partition coefficient (Wildman–Crippen LogP) is 0.388. The van der Waals surface area contributed by atoms with Gasteiger partial charge in [0, 0.05) is 25.8 Å². The average Bonchev–Trinajstić information content (AvgIpc) is 2.32. The fraction of sp³-hybridized carbons (Fsp3) is 0.455. The van der Waals surface area contributed by atoms with Crippen LogP contribution in [0.3, 0.4) is 0 Å². The zero-order valence-electron chi connectivity index (χ0n) is 8.97. The summed E-state index contributed by atoms with van der Waals surface area (Å²) in [5.74, 6) is 0.528. The third-order valence-corrected chi connectivity index (χ3v) is 2.55. The number of ether oxygens (including phenoxy) is 1. The van der Waals surface area contributed by atoms with E-state index in [-0.39, 0.29) is 6.10 Å². The van der Waals surface area contributed by atoms with Gasteiger partial charge in [0.05, 0.1) is 12.7 Å². The summed E-state index contributed by atoms with van der Waals surface area (Å²) >= 11 is 0. The quantitative estimate of drug-likeness (QED) is 0.777. The number of nitrogens with zero attached hydrogens (tertiary/aromatic N) is 3. The number of hydrogen-bond donors (Lipinski definition) is 1. The van der Waals surface area contributed by atoms with Gasteiger partial charge in [-0.15, -0.1) is 0 Å². The molecule has 5 nitrogen and oxygen atoms in total. The summed E-state index contributed by atoms with van der Waals surface area (Å²) in [5, 5.41) is 8.78. The highest BCUT2D eigenvalue weighted by Gasteiger charge is 2.19. The minimum absolute atomic E-state index is 0.310. The molecular weight excluding hydrogens is 204 g/mol. The minimum atomic E-state index is -0.310. The maximum Gasteiger partial charge on any atom is 0.156 e. The molecule has 1 aromatic heterocycles. The molecule has 0 aromatic carbocycles. The van der Waals surface area contributed by atoms with Crippen LogP contribution >= 0.6 is 0 Å². The Hall–Kier alpha value is -1.64. The summed E-state index contributed by atoms with van der Waals surface area (Å²) in [6.07, 6.45) is 1.46. The summed E-state index contributed by atoms with van der Waals surface area (Å²) in [6.45, 7) is 2.90. The van der Waals surface area contributed by atoms with Crippen molar-refractivity contribution in [2.24, 2.45) is 0 Å². The van der Waals surface area contributed by atoms with Crippen LogP contribution in [0.25, 0.3) is 0 Å². The monoisotopic (exact) mass is 218 g/mol. The van der Waals surface area contributed by atoms with Gasteiger partial charge in [-0.05, 0) is 11.6 Å². The zero-order valence-corrected chi connectivity index (χ0v) is 8.97. The highest BCUT2D eigenvalue weighted by atomic mass is 16.5. The molecule has 0 saturated carbocycles. The molecule has 1 aliphatic rings. The molecule has 0 amide bonds. The van der Waals surface area contributed by atoms with Crippen LogP contribution in [0.4, 0.5) is 5.82 Å². The van der Waals surface area contributed by atoms with Crippen molar-refractivity contribution in [1.82, 2.24) is 9.88 Å². The van der Waals surface area contributed by atoms with Crippen molar-refractivity contribution in [3.63, 3.8) is 0 Å². The minimum Gasteiger partial charge on any atom is -0.384 e. The lowest BCUT2D eigenvalue weighted by Gasteiger charge is -2.29. The molecule has 84 valence electrons. The molecule has 1 fully saturated rings. The molecule has 1 aliphatic heterocycles. The second-order valence-corrected chi connectivity index (χ2v) is 3.81. The third kappa shape index (κ3) is 2.69. The Kier molecular flexibility index (Phi) is 3.34. The van der Waals surface area contributed by atoms with Crippen molar-refractivity contribution in [3.05, 3.63) is 23.9 Å². The first-order valence-corrected chi connectivity index (χ1v) is 5.22. The van der Waals surface area contributed by atoms with Gasteiger partial charge in [-0.1, -0.05) is 6.07 Å². The second kappa shape index (κ2) is 4.92. The molecule has 2 heterocycles. The lowest BCUT2D eigenvalue weighted by Crippen LogP contribution is -2.41. The number of nitriles is 1. The van der Waals surface area contributed by atoms with Gasteiger partial charge in [-0.3, -0.25) is 4.90 Å². The number of nitrogen functional groups attached to an aromatic ring is 1. The van der Waals surface area contributed by atoms with Crippen molar-refractivity contribution in [1.29, 1.82) is 5.26 Å². The van der Waals surface area contributed by atoms with Crippen LogP contribution in [-0.2, 0) is 11.3 Å². The SMILES string of the molecule is N#CC1CN(Cc2ccc(N)nc2)CCO1. The van der Waals surface area contributed by atoms with Crippen LogP contribution in [0.15, 0.2) is 18.3 Å². The Morgan fingerprint density at radius 3 is 3.19 bits per heavy atom. The van der Waals surface area contributed by atoms with Gasteiger partial charge < -0.3 is 10.5 Å². The first-order valence-electron chi connectivity index (χ1n) is 5.22. The van der Waals surface area contributed by atoms with Gasteiger partial charge in [-0.2, -0.15) is 5.26 Å². The number of anilines is 1. The number of pyridine rings is 1. The summed E-state index contributed by atoms with van der Waals surface area (Å²) in [5.41, 5.74) is 6.62. The van der Waals surface area contributed by atoms with Gasteiger partial charge in [-0.25, -0.2) is 4.98 Å². The van der Waals surface area contributed by atoms with E-state index in [1.165, 1.54) is 0 Å². The second-order valence-electron chi connectivity index (χ2n) is 3.81. The van der Waals surface area contributed by atoms with Crippen LogP contribution in [0.5, 0.6) is 0 Å². The number of morpholine rings is 1. The Bertz CT molecular complexity index is 384. The van der Waals surface area contributed by atoms with Crippen molar-refractivity contribution in [2.45, 2.75) is 12.6 Å². The van der Waals surface area contributed by atoms with Crippen molar-refractivity contribution < 1.29 is 4.74 Å². The number of hydrogen-bond acceptors (Lipinski definition) is 5. The van der Waals surface area contributed by atoms with E-state index >= 15 is 0 Å². The predicted molar refractivity (Wildman–Crippen MR) is 59.3 cm³/mol. The Morgan fingerprint density at radius 1 is 1.62 bits per heavy atom. The molecule has 1 saturated heterocycles. The first kappa shape index (κ1) is 10.9. The van der Waals surface area contributed by atoms with E-state index in [9.17, 15) is 0 Å². The third-order valence-electron chi connectivity index (χ3n) is 2.55. The fourth-order valence-corrected chi connectivity index (χ4v) is 1.71. The first-order chi connectivity index (χ1) is 7.78. The highest BCUT2D eigenvalue weighted by Crippen LogP contribution is 2.10. The molecular formula is C11H14N4O. The molecule has 16 heavy (non-hydrogen) atoms. The van der Waals surface area contributed by atoms with Crippen molar-refractivity contribution >= 4 is 5.82 Å². The largest absolute Gasteiger partial charge is 0.384 e. The topological polar surface area (TPSA) is 75.2 Å². The van der Waals surface area contributed by atoms with Crippen molar-refractivity contribution in [2.75, 3.05) is 25.4 Å². The molecule has 1 atom stereocenters. The molecule has 0 radical (unpaired) electrons. The molecule has 2 rings (SSSR count). The van der Waals surface area contributed by atoms with E-state index in [0.717, 1.165) is 18.7 Å². The fourth-order valence-electron chi connectivity index (χ4n) is 1.71. The molecule has 2 N–H and O–H groups in total. The zero-order chi connectivity index (χ0) is 11.4. The van der Waals surface area contributed by atoms with Gasteiger partial charge in [0.2, 0.25) is 0 Å². The molecule has 5 heteroatoms. The summed E-state index contributed by atoms with van der Waals surface area (Å²) < 4.78 is 5.28. The smallest absolute Gasteiger partial charge is 0.156 e. The van der Waals surface area contributed by atoms with Crippen molar-refractivity contribution in [3.8, 4) is 6.07 Å². The molecule has 1 aromatic rings. The summed E-state index contributed by atoms with van der Waals surface area (Å²) in [4.78, 5) is 6.22. The van der Waals surface area contributed by atoms with E-state index in [1.54, 1.807) is 12.3 Å². The van der Waals surface area contributed by atoms with E-state index in [0.29, 0.717) is 19.0 Å². The summed E-state index contributed by atoms with van der Waals surface area (Å²) in [6, 6.07) is 5.88. The standard InChI is InChI=1S/C11H14N4O/c12-5-10-8-15(3-4-16-10)7-9-1-2-11(13)14-6-9/h1-2,6,10H,3-4,7-8H2,(H2,13,14). The lowest BCUT2D eigenvalue weighted by molar-refractivity contribution is -0.00272.